The third-order valence-corrected chi connectivity index (χ3v) is 2.35. The topological polar surface area (TPSA) is 87.7 Å². The number of carbonyl (C=O) groups is 1. The van der Waals surface area contributed by atoms with E-state index in [2.05, 4.69) is 26.4 Å². The lowest BCUT2D eigenvalue weighted by molar-refractivity contribution is 0.0959. The summed E-state index contributed by atoms with van der Waals surface area (Å²) >= 11 is 2.96. The summed E-state index contributed by atoms with van der Waals surface area (Å²) in [5, 5.41) is 13.3. The second-order valence-electron chi connectivity index (χ2n) is 2.90. The van der Waals surface area contributed by atoms with Gasteiger partial charge in [-0.25, -0.2) is 4.39 Å². The molecule has 0 spiro atoms. The van der Waals surface area contributed by atoms with E-state index in [1.54, 1.807) is 0 Å². The van der Waals surface area contributed by atoms with Gasteiger partial charge in [-0.2, -0.15) is 0 Å². The SMILES string of the molecule is N/C(CNC(=O)c1ccc(F)c(Br)c1)=N/O. The van der Waals surface area contributed by atoms with E-state index < -0.39 is 11.7 Å². The van der Waals surface area contributed by atoms with Crippen molar-refractivity contribution in [2.45, 2.75) is 0 Å². The molecule has 1 aromatic rings. The minimum Gasteiger partial charge on any atom is -0.409 e. The first kappa shape index (κ1) is 12.4. The third kappa shape index (κ3) is 3.20. The quantitative estimate of drug-likeness (QED) is 0.337. The largest absolute Gasteiger partial charge is 0.409 e. The lowest BCUT2D eigenvalue weighted by atomic mass is 10.2. The summed E-state index contributed by atoms with van der Waals surface area (Å²) in [7, 11) is 0. The van der Waals surface area contributed by atoms with E-state index in [4.69, 9.17) is 10.9 Å². The molecular formula is C9H9BrFN3O2. The number of amides is 1. The summed E-state index contributed by atoms with van der Waals surface area (Å²) in [5.74, 6) is -1.00. The molecule has 0 saturated heterocycles. The van der Waals surface area contributed by atoms with E-state index >= 15 is 0 Å². The second-order valence-corrected chi connectivity index (χ2v) is 3.76. The van der Waals surface area contributed by atoms with Crippen LogP contribution < -0.4 is 11.1 Å². The summed E-state index contributed by atoms with van der Waals surface area (Å²) < 4.78 is 13.1. The number of hydrogen-bond donors (Lipinski definition) is 3. The molecule has 0 bridgehead atoms. The van der Waals surface area contributed by atoms with Gasteiger partial charge >= 0.3 is 0 Å². The number of rotatable bonds is 3. The molecule has 0 saturated carbocycles. The van der Waals surface area contributed by atoms with E-state index in [0.29, 0.717) is 0 Å². The Morgan fingerprint density at radius 2 is 2.31 bits per heavy atom. The molecule has 0 aliphatic heterocycles. The maximum atomic E-state index is 12.9. The van der Waals surface area contributed by atoms with Crippen molar-refractivity contribution in [3.05, 3.63) is 34.1 Å². The van der Waals surface area contributed by atoms with Gasteiger partial charge in [-0.15, -0.1) is 0 Å². The van der Waals surface area contributed by atoms with E-state index in [9.17, 15) is 9.18 Å². The van der Waals surface area contributed by atoms with Gasteiger partial charge in [0.25, 0.3) is 5.91 Å². The van der Waals surface area contributed by atoms with Crippen LogP contribution in [0.15, 0.2) is 27.8 Å². The van der Waals surface area contributed by atoms with Gasteiger partial charge < -0.3 is 16.3 Å². The molecule has 0 radical (unpaired) electrons. The lowest BCUT2D eigenvalue weighted by Gasteiger charge is -2.04. The Kier molecular flexibility index (Phi) is 4.24. The number of benzene rings is 1. The Morgan fingerprint density at radius 3 is 2.88 bits per heavy atom. The van der Waals surface area contributed by atoms with Crippen LogP contribution in [0.4, 0.5) is 4.39 Å². The summed E-state index contributed by atoms with van der Waals surface area (Å²) in [5.41, 5.74) is 5.45. The van der Waals surface area contributed by atoms with Gasteiger partial charge in [-0.05, 0) is 34.1 Å². The van der Waals surface area contributed by atoms with Crippen molar-refractivity contribution < 1.29 is 14.4 Å². The molecule has 0 atom stereocenters. The second kappa shape index (κ2) is 5.45. The molecule has 1 amide bonds. The zero-order chi connectivity index (χ0) is 12.1. The van der Waals surface area contributed by atoms with Crippen molar-refractivity contribution in [1.82, 2.24) is 5.32 Å². The molecule has 0 aliphatic rings. The molecule has 0 fully saturated rings. The number of oxime groups is 1. The summed E-state index contributed by atoms with van der Waals surface area (Å²) in [6.07, 6.45) is 0. The van der Waals surface area contributed by atoms with Crippen molar-refractivity contribution in [3.63, 3.8) is 0 Å². The van der Waals surface area contributed by atoms with Crippen molar-refractivity contribution in [1.29, 1.82) is 0 Å². The van der Waals surface area contributed by atoms with Crippen molar-refractivity contribution in [2.75, 3.05) is 6.54 Å². The Labute approximate surface area is 99.3 Å². The number of nitrogens with two attached hydrogens (primary N) is 1. The van der Waals surface area contributed by atoms with Crippen LogP contribution in [0.5, 0.6) is 0 Å². The first-order chi connectivity index (χ1) is 7.54. The van der Waals surface area contributed by atoms with Gasteiger partial charge in [0.15, 0.2) is 5.84 Å². The highest BCUT2D eigenvalue weighted by molar-refractivity contribution is 9.10. The number of amidine groups is 1. The molecule has 1 aromatic carbocycles. The number of nitrogens with one attached hydrogen (secondary N) is 1. The monoisotopic (exact) mass is 289 g/mol. The molecule has 16 heavy (non-hydrogen) atoms. The molecule has 4 N–H and O–H groups in total. The molecule has 0 aromatic heterocycles. The highest BCUT2D eigenvalue weighted by Crippen LogP contribution is 2.16. The molecule has 0 heterocycles. The van der Waals surface area contributed by atoms with Crippen LogP contribution in [0, 0.1) is 5.82 Å². The number of nitrogens with zero attached hydrogens (tertiary/aromatic N) is 1. The van der Waals surface area contributed by atoms with Crippen LogP contribution >= 0.6 is 15.9 Å². The first-order valence-electron chi connectivity index (χ1n) is 4.24. The summed E-state index contributed by atoms with van der Waals surface area (Å²) in [6, 6.07) is 3.85. The Balaban J connectivity index is 2.70. The maximum Gasteiger partial charge on any atom is 0.251 e. The van der Waals surface area contributed by atoms with E-state index in [-0.39, 0.29) is 22.4 Å². The fraction of sp³-hybridized carbons (Fsp3) is 0.111. The average Bonchev–Trinajstić information content (AvgIpc) is 2.29. The predicted octanol–water partition coefficient (Wildman–Crippen LogP) is 1.06. The van der Waals surface area contributed by atoms with Crippen molar-refractivity contribution in [3.8, 4) is 0 Å². The van der Waals surface area contributed by atoms with Crippen LogP contribution in [0.3, 0.4) is 0 Å². The van der Waals surface area contributed by atoms with Crippen LogP contribution in [-0.2, 0) is 0 Å². The molecular weight excluding hydrogens is 281 g/mol. The van der Waals surface area contributed by atoms with E-state index in [1.165, 1.54) is 18.2 Å². The van der Waals surface area contributed by atoms with Gasteiger partial charge in [0.05, 0.1) is 11.0 Å². The summed E-state index contributed by atoms with van der Waals surface area (Å²) in [4.78, 5) is 11.5. The smallest absolute Gasteiger partial charge is 0.251 e. The minimum absolute atomic E-state index is 0.0790. The van der Waals surface area contributed by atoms with E-state index in [0.717, 1.165) is 0 Å². The number of halogens is 2. The molecule has 7 heteroatoms. The molecule has 1 rings (SSSR count). The van der Waals surface area contributed by atoms with Crippen LogP contribution in [-0.4, -0.2) is 23.5 Å². The first-order valence-corrected chi connectivity index (χ1v) is 5.03. The molecule has 86 valence electrons. The van der Waals surface area contributed by atoms with Gasteiger partial charge in [0, 0.05) is 5.56 Å². The fourth-order valence-electron chi connectivity index (χ4n) is 0.946. The van der Waals surface area contributed by atoms with Crippen LogP contribution in [0.25, 0.3) is 0 Å². The van der Waals surface area contributed by atoms with E-state index in [1.807, 2.05) is 0 Å². The van der Waals surface area contributed by atoms with Crippen molar-refractivity contribution in [2.24, 2.45) is 10.9 Å². The Morgan fingerprint density at radius 1 is 1.62 bits per heavy atom. The lowest BCUT2D eigenvalue weighted by Crippen LogP contribution is -2.33. The molecule has 0 unspecified atom stereocenters. The van der Waals surface area contributed by atoms with Gasteiger partial charge in [0.2, 0.25) is 0 Å². The predicted molar refractivity (Wildman–Crippen MR) is 59.8 cm³/mol. The third-order valence-electron chi connectivity index (χ3n) is 1.74. The minimum atomic E-state index is -0.451. The number of carbonyl (C=O) groups excluding carboxylic acids is 1. The highest BCUT2D eigenvalue weighted by atomic mass is 79.9. The fourth-order valence-corrected chi connectivity index (χ4v) is 1.32. The average molecular weight is 290 g/mol. The van der Waals surface area contributed by atoms with Crippen LogP contribution in [0.1, 0.15) is 10.4 Å². The van der Waals surface area contributed by atoms with Gasteiger partial charge in [-0.1, -0.05) is 5.16 Å². The summed E-state index contributed by atoms with van der Waals surface area (Å²) in [6.45, 7) is -0.0790. The van der Waals surface area contributed by atoms with Crippen LogP contribution in [0.2, 0.25) is 0 Å². The standard InChI is InChI=1S/C9H9BrFN3O2/c10-6-3-5(1-2-7(6)11)9(15)13-4-8(12)14-16/h1-3,16H,4H2,(H2,12,14)(H,13,15). The normalized spacial score (nSPS) is 11.2. The van der Waals surface area contributed by atoms with Gasteiger partial charge in [-0.3, -0.25) is 4.79 Å². The highest BCUT2D eigenvalue weighted by Gasteiger charge is 2.08. The number of hydrogen-bond acceptors (Lipinski definition) is 3. The Bertz CT molecular complexity index is 437. The van der Waals surface area contributed by atoms with Crippen molar-refractivity contribution >= 4 is 27.7 Å². The maximum absolute atomic E-state index is 12.9. The Hall–Kier alpha value is -1.63. The molecule has 5 nitrogen and oxygen atoms in total. The zero-order valence-electron chi connectivity index (χ0n) is 8.08. The molecule has 0 aliphatic carbocycles. The zero-order valence-corrected chi connectivity index (χ0v) is 9.66. The van der Waals surface area contributed by atoms with Gasteiger partial charge in [0.1, 0.15) is 5.82 Å².